The van der Waals surface area contributed by atoms with E-state index >= 15 is 0 Å². The van der Waals surface area contributed by atoms with E-state index in [1.807, 2.05) is 0 Å². The van der Waals surface area contributed by atoms with Gasteiger partial charge < -0.3 is 28.1 Å². The van der Waals surface area contributed by atoms with Crippen molar-refractivity contribution in [3.05, 3.63) is 35.4 Å². The molecule has 3 aliphatic rings. The molecule has 6 nitrogen and oxygen atoms in total. The van der Waals surface area contributed by atoms with E-state index in [0.717, 1.165) is 53.7 Å². The summed E-state index contributed by atoms with van der Waals surface area (Å²) >= 11 is 0. The third-order valence-corrected chi connectivity index (χ3v) is 12.0. The van der Waals surface area contributed by atoms with Crippen LogP contribution in [0.5, 0.6) is 11.5 Å². The van der Waals surface area contributed by atoms with E-state index < -0.39 is 36.6 Å². The summed E-state index contributed by atoms with van der Waals surface area (Å²) in [6.45, 7) is 21.5. The topological polar surface area (TPSA) is 55.4 Å². The third-order valence-electron chi connectivity index (χ3n) is 12.0. The van der Waals surface area contributed by atoms with Crippen molar-refractivity contribution < 1.29 is 28.1 Å². The molecule has 8 heteroatoms. The van der Waals surface area contributed by atoms with Crippen molar-refractivity contribution in [3.63, 3.8) is 0 Å². The van der Waals surface area contributed by atoms with Crippen LogP contribution in [0.1, 0.15) is 145 Å². The maximum absolute atomic E-state index is 6.63. The zero-order chi connectivity index (χ0) is 34.4. The van der Waals surface area contributed by atoms with Gasteiger partial charge in [0.1, 0.15) is 11.5 Å². The first-order valence-corrected chi connectivity index (χ1v) is 18.2. The number of rotatable bonds is 14. The predicted molar refractivity (Wildman–Crippen MR) is 195 cm³/mol. The number of methoxy groups -OCH3 is 2. The lowest BCUT2D eigenvalue weighted by Gasteiger charge is -2.34. The first-order valence-electron chi connectivity index (χ1n) is 18.2. The van der Waals surface area contributed by atoms with Crippen LogP contribution in [0.25, 0.3) is 11.1 Å². The van der Waals surface area contributed by atoms with Crippen molar-refractivity contribution in [1.29, 1.82) is 0 Å². The molecule has 0 radical (unpaired) electrons. The maximum atomic E-state index is 6.63. The smallest absolute Gasteiger partial charge is 0.497 e. The number of ether oxygens (including phenoxy) is 2. The Morgan fingerprint density at radius 2 is 1.04 bits per heavy atom. The summed E-state index contributed by atoms with van der Waals surface area (Å²) in [5.74, 6) is 1.63. The predicted octanol–water partition coefficient (Wildman–Crippen LogP) is 8.51. The number of hydrogen-bond acceptors (Lipinski definition) is 6. The fourth-order valence-electron chi connectivity index (χ4n) is 7.61. The van der Waals surface area contributed by atoms with E-state index in [9.17, 15) is 0 Å². The first kappa shape index (κ1) is 36.3. The summed E-state index contributed by atoms with van der Waals surface area (Å²) in [6.07, 6.45) is 11.8. The molecule has 0 saturated carbocycles. The lowest BCUT2D eigenvalue weighted by molar-refractivity contribution is 0.00578. The molecule has 258 valence electrons. The second-order valence-electron chi connectivity index (χ2n) is 16.2. The summed E-state index contributed by atoms with van der Waals surface area (Å²) < 4.78 is 38.9. The largest absolute Gasteiger partial charge is 0.498 e. The zero-order valence-corrected chi connectivity index (χ0v) is 31.5. The molecular weight excluding hydrogens is 586 g/mol. The van der Waals surface area contributed by atoms with E-state index in [0.29, 0.717) is 0 Å². The Labute approximate surface area is 286 Å². The van der Waals surface area contributed by atoms with Gasteiger partial charge in [-0.2, -0.15) is 0 Å². The summed E-state index contributed by atoms with van der Waals surface area (Å²) in [7, 11) is 2.52. The van der Waals surface area contributed by atoms with E-state index in [-0.39, 0.29) is 5.41 Å². The van der Waals surface area contributed by atoms with Crippen LogP contribution in [-0.4, -0.2) is 50.9 Å². The minimum atomic E-state index is -0.524. The molecule has 2 aromatic carbocycles. The summed E-state index contributed by atoms with van der Waals surface area (Å²) in [6, 6.07) is 9.07. The molecule has 1 aliphatic carbocycles. The highest BCUT2D eigenvalue weighted by atomic mass is 16.7. The lowest BCUT2D eigenvalue weighted by Crippen LogP contribution is -2.41. The van der Waals surface area contributed by atoms with Crippen LogP contribution >= 0.6 is 0 Å². The molecule has 2 aliphatic heterocycles. The molecule has 0 unspecified atom stereocenters. The molecule has 0 aromatic heterocycles. The van der Waals surface area contributed by atoms with Gasteiger partial charge >= 0.3 is 14.2 Å². The van der Waals surface area contributed by atoms with E-state index in [1.165, 1.54) is 55.2 Å². The Kier molecular flexibility index (Phi) is 10.3. The average Bonchev–Trinajstić information content (AvgIpc) is 3.50. The van der Waals surface area contributed by atoms with Crippen LogP contribution in [0.2, 0.25) is 0 Å². The van der Waals surface area contributed by atoms with Crippen molar-refractivity contribution >= 4 is 25.2 Å². The highest BCUT2D eigenvalue weighted by molar-refractivity contribution is 6.63. The Morgan fingerprint density at radius 3 is 1.51 bits per heavy atom. The maximum Gasteiger partial charge on any atom is 0.498 e. The summed E-state index contributed by atoms with van der Waals surface area (Å²) in [5.41, 5.74) is 4.97. The third kappa shape index (κ3) is 6.42. The lowest BCUT2D eigenvalue weighted by atomic mass is 9.67. The van der Waals surface area contributed by atoms with Crippen molar-refractivity contribution in [1.82, 2.24) is 0 Å². The monoisotopic (exact) mass is 646 g/mol. The number of fused-ring (bicyclic) bond motifs is 3. The molecule has 0 spiro atoms. The second-order valence-corrected chi connectivity index (χ2v) is 16.2. The van der Waals surface area contributed by atoms with Crippen molar-refractivity contribution in [2.75, 3.05) is 14.2 Å². The minimum Gasteiger partial charge on any atom is -0.497 e. The van der Waals surface area contributed by atoms with E-state index in [2.05, 4.69) is 93.5 Å². The normalized spacial score (nSPS) is 21.2. The molecule has 2 saturated heterocycles. The van der Waals surface area contributed by atoms with E-state index in [1.54, 1.807) is 14.2 Å². The molecule has 0 amide bonds. The quantitative estimate of drug-likeness (QED) is 0.152. The molecule has 0 bridgehead atoms. The second kappa shape index (κ2) is 13.4. The molecule has 47 heavy (non-hydrogen) atoms. The number of benzene rings is 2. The van der Waals surface area contributed by atoms with Gasteiger partial charge in [-0.15, -0.1) is 0 Å². The van der Waals surface area contributed by atoms with Crippen molar-refractivity contribution in [2.45, 2.75) is 161 Å². The standard InChI is InChI=1S/C39H60B2O6/c1-13-15-17-19-21-39(22-20-18-16-14-2)29-26-31(41-46-37(7,8)38(9,10)47-41)32(42-11)25-28(29)34-30(39)23-27(24-33(34)43-12)40-44-35(3,4)36(5,6)45-40/h23-26H,13-22H2,1-12H3. The van der Waals surface area contributed by atoms with Gasteiger partial charge in [-0.3, -0.25) is 0 Å². The van der Waals surface area contributed by atoms with E-state index in [4.69, 9.17) is 28.1 Å². The van der Waals surface area contributed by atoms with Gasteiger partial charge in [-0.25, -0.2) is 0 Å². The van der Waals surface area contributed by atoms with Gasteiger partial charge in [0.05, 0.1) is 36.6 Å². The van der Waals surface area contributed by atoms with Crippen LogP contribution in [0.4, 0.5) is 0 Å². The first-order chi connectivity index (χ1) is 22.1. The van der Waals surface area contributed by atoms with Crippen LogP contribution in [0.15, 0.2) is 24.3 Å². The zero-order valence-electron chi connectivity index (χ0n) is 31.5. The molecular formula is C39H60B2O6. The van der Waals surface area contributed by atoms with Crippen molar-refractivity contribution in [3.8, 4) is 22.6 Å². The summed E-state index contributed by atoms with van der Waals surface area (Å²) in [5, 5.41) is 0. The van der Waals surface area contributed by atoms with Gasteiger partial charge in [0, 0.05) is 16.4 Å². The van der Waals surface area contributed by atoms with Gasteiger partial charge in [-0.05, 0) is 103 Å². The van der Waals surface area contributed by atoms with Crippen LogP contribution in [0.3, 0.4) is 0 Å². The van der Waals surface area contributed by atoms with Gasteiger partial charge in [0.25, 0.3) is 0 Å². The van der Waals surface area contributed by atoms with Gasteiger partial charge in [-0.1, -0.05) is 77.3 Å². The number of unbranched alkanes of at least 4 members (excludes halogenated alkanes) is 6. The van der Waals surface area contributed by atoms with Crippen LogP contribution < -0.4 is 20.4 Å². The molecule has 0 atom stereocenters. The highest BCUT2D eigenvalue weighted by Gasteiger charge is 2.55. The van der Waals surface area contributed by atoms with Crippen LogP contribution in [-0.2, 0) is 24.0 Å². The Morgan fingerprint density at radius 1 is 0.553 bits per heavy atom. The number of hydrogen-bond donors (Lipinski definition) is 0. The average molecular weight is 647 g/mol. The van der Waals surface area contributed by atoms with Gasteiger partial charge in [0.15, 0.2) is 0 Å². The minimum absolute atomic E-state index is 0.205. The highest BCUT2D eigenvalue weighted by Crippen LogP contribution is 2.57. The Bertz CT molecular complexity index is 1390. The molecule has 0 N–H and O–H groups in total. The fourth-order valence-corrected chi connectivity index (χ4v) is 7.61. The van der Waals surface area contributed by atoms with Gasteiger partial charge in [0.2, 0.25) is 0 Å². The SMILES string of the molecule is CCCCCCC1(CCCCCC)c2cc(B3OC(C)(C)C(C)(C)O3)c(OC)cc2-c2c(OC)cc(B3OC(C)(C)C(C)(C)O3)cc21. The van der Waals surface area contributed by atoms with Crippen LogP contribution in [0, 0.1) is 0 Å². The Hall–Kier alpha value is -1.99. The molecule has 5 rings (SSSR count). The fraction of sp³-hybridized carbons (Fsp3) is 0.692. The Balaban J connectivity index is 1.72. The molecule has 2 aromatic rings. The summed E-state index contributed by atoms with van der Waals surface area (Å²) in [4.78, 5) is 0. The molecule has 2 fully saturated rings. The van der Waals surface area contributed by atoms with Crippen molar-refractivity contribution in [2.24, 2.45) is 0 Å². The molecule has 2 heterocycles.